The first kappa shape index (κ1) is 11.9. The molecule has 0 aliphatic rings. The highest BCUT2D eigenvalue weighted by atomic mass is 14.8. The van der Waals surface area contributed by atoms with Crippen LogP contribution in [0.5, 0.6) is 0 Å². The molecule has 0 aliphatic carbocycles. The topological polar surface area (TPSA) is 12.0 Å². The summed E-state index contributed by atoms with van der Waals surface area (Å²) in [5.41, 5.74) is 2.56. The van der Waals surface area contributed by atoms with Gasteiger partial charge in [-0.1, -0.05) is 44.4 Å². The number of allylic oxidation sites excluding steroid dienone is 4. The molecule has 0 fully saturated rings. The van der Waals surface area contributed by atoms with Gasteiger partial charge in [0.1, 0.15) is 0 Å². The van der Waals surface area contributed by atoms with Crippen LogP contribution in [0.3, 0.4) is 0 Å². The molecule has 0 saturated heterocycles. The molecular formula is C12H19N. The summed E-state index contributed by atoms with van der Waals surface area (Å²) in [6.45, 7) is 10.5. The van der Waals surface area contributed by atoms with Crippen LogP contribution in [0.2, 0.25) is 0 Å². The van der Waals surface area contributed by atoms with Crippen molar-refractivity contribution < 1.29 is 0 Å². The molecule has 0 aromatic rings. The second kappa shape index (κ2) is 7.56. The Morgan fingerprint density at radius 1 is 1.31 bits per heavy atom. The summed E-state index contributed by atoms with van der Waals surface area (Å²) in [6, 6.07) is 0. The van der Waals surface area contributed by atoms with Crippen LogP contribution in [0.15, 0.2) is 48.6 Å². The molecule has 0 rings (SSSR count). The van der Waals surface area contributed by atoms with Gasteiger partial charge in [0.25, 0.3) is 0 Å². The fourth-order valence-corrected chi connectivity index (χ4v) is 1.14. The molecule has 0 amide bonds. The fourth-order valence-electron chi connectivity index (χ4n) is 1.14. The number of hydrogen-bond donors (Lipinski definition) is 1. The summed E-state index contributed by atoms with van der Waals surface area (Å²) in [5, 5.41) is 3.12. The van der Waals surface area contributed by atoms with Crippen molar-refractivity contribution in [3.05, 3.63) is 48.6 Å². The molecule has 0 aromatic heterocycles. The van der Waals surface area contributed by atoms with Crippen molar-refractivity contribution in [3.63, 3.8) is 0 Å². The molecule has 0 spiro atoms. The van der Waals surface area contributed by atoms with Crippen molar-refractivity contribution in [1.29, 1.82) is 0 Å². The zero-order valence-electron chi connectivity index (χ0n) is 8.64. The van der Waals surface area contributed by atoms with E-state index >= 15 is 0 Å². The van der Waals surface area contributed by atoms with Crippen LogP contribution in [0.4, 0.5) is 0 Å². The van der Waals surface area contributed by atoms with Gasteiger partial charge >= 0.3 is 0 Å². The largest absolute Gasteiger partial charge is 0.316 e. The van der Waals surface area contributed by atoms with Gasteiger partial charge in [-0.2, -0.15) is 0 Å². The maximum atomic E-state index is 3.80. The highest BCUT2D eigenvalue weighted by Crippen LogP contribution is 2.10. The van der Waals surface area contributed by atoms with Crippen molar-refractivity contribution in [1.82, 2.24) is 5.32 Å². The fraction of sp³-hybridized carbons (Fsp3) is 0.333. The van der Waals surface area contributed by atoms with Gasteiger partial charge in [-0.3, -0.25) is 0 Å². The van der Waals surface area contributed by atoms with Gasteiger partial charge in [0, 0.05) is 6.54 Å². The zero-order chi connectivity index (χ0) is 10.1. The van der Waals surface area contributed by atoms with Crippen LogP contribution in [0.25, 0.3) is 0 Å². The number of nitrogens with one attached hydrogen (secondary N) is 1. The van der Waals surface area contributed by atoms with Crippen molar-refractivity contribution in [2.24, 2.45) is 0 Å². The summed E-state index contributed by atoms with van der Waals surface area (Å²) < 4.78 is 0. The number of hydrogen-bond acceptors (Lipinski definition) is 1. The molecular weight excluding hydrogens is 158 g/mol. The standard InChI is InChI=1S/C12H19N/c1-5-8-9-11(6-2)12(7-3)10-13-4/h5,7-9,13H,1,3,6,10H2,2,4H3/b9-8-,12-11+. The van der Waals surface area contributed by atoms with Crippen molar-refractivity contribution in [2.45, 2.75) is 13.3 Å². The van der Waals surface area contributed by atoms with E-state index < -0.39 is 0 Å². The third-order valence-electron chi connectivity index (χ3n) is 1.84. The Kier molecular flexibility index (Phi) is 6.93. The first-order chi connectivity index (χ1) is 6.29. The molecule has 0 atom stereocenters. The lowest BCUT2D eigenvalue weighted by Gasteiger charge is -2.06. The third kappa shape index (κ3) is 4.48. The average Bonchev–Trinajstić information content (AvgIpc) is 2.17. The van der Waals surface area contributed by atoms with E-state index in [9.17, 15) is 0 Å². The maximum absolute atomic E-state index is 3.80. The Hall–Kier alpha value is -1.08. The average molecular weight is 177 g/mol. The molecule has 13 heavy (non-hydrogen) atoms. The lowest BCUT2D eigenvalue weighted by atomic mass is 10.1. The molecule has 0 heterocycles. The second-order valence-electron chi connectivity index (χ2n) is 2.73. The summed E-state index contributed by atoms with van der Waals surface area (Å²) >= 11 is 0. The molecule has 72 valence electrons. The first-order valence-electron chi connectivity index (χ1n) is 4.58. The Morgan fingerprint density at radius 2 is 2.00 bits per heavy atom. The molecule has 1 nitrogen and oxygen atoms in total. The van der Waals surface area contributed by atoms with Crippen LogP contribution in [0, 0.1) is 0 Å². The van der Waals surface area contributed by atoms with E-state index in [1.807, 2.05) is 19.2 Å². The Morgan fingerprint density at radius 3 is 2.38 bits per heavy atom. The summed E-state index contributed by atoms with van der Waals surface area (Å²) in [7, 11) is 1.94. The molecule has 0 bridgehead atoms. The molecule has 1 N–H and O–H groups in total. The molecule has 0 saturated carbocycles. The highest BCUT2D eigenvalue weighted by molar-refractivity contribution is 5.34. The smallest absolute Gasteiger partial charge is 0.0205 e. The van der Waals surface area contributed by atoms with E-state index in [1.54, 1.807) is 6.08 Å². The second-order valence-corrected chi connectivity index (χ2v) is 2.73. The summed E-state index contributed by atoms with van der Waals surface area (Å²) in [5.74, 6) is 0. The highest BCUT2D eigenvalue weighted by Gasteiger charge is 1.96. The Balaban J connectivity index is 4.69. The van der Waals surface area contributed by atoms with Gasteiger partial charge in [-0.25, -0.2) is 0 Å². The third-order valence-corrected chi connectivity index (χ3v) is 1.84. The van der Waals surface area contributed by atoms with E-state index in [1.165, 1.54) is 11.1 Å². The van der Waals surface area contributed by atoms with Crippen molar-refractivity contribution >= 4 is 0 Å². The first-order valence-corrected chi connectivity index (χ1v) is 4.58. The van der Waals surface area contributed by atoms with Gasteiger partial charge in [-0.05, 0) is 24.6 Å². The van der Waals surface area contributed by atoms with Gasteiger partial charge in [0.15, 0.2) is 0 Å². The quantitative estimate of drug-likeness (QED) is 0.615. The molecule has 0 unspecified atom stereocenters. The van der Waals surface area contributed by atoms with Crippen molar-refractivity contribution in [3.8, 4) is 0 Å². The lowest BCUT2D eigenvalue weighted by Crippen LogP contribution is -2.10. The van der Waals surface area contributed by atoms with Crippen LogP contribution in [-0.2, 0) is 0 Å². The number of rotatable bonds is 6. The predicted molar refractivity (Wildman–Crippen MR) is 60.8 cm³/mol. The van der Waals surface area contributed by atoms with E-state index in [-0.39, 0.29) is 0 Å². The Bertz CT molecular complexity index is 221. The summed E-state index contributed by atoms with van der Waals surface area (Å²) in [6.07, 6.45) is 8.76. The summed E-state index contributed by atoms with van der Waals surface area (Å²) in [4.78, 5) is 0. The minimum atomic E-state index is 0.869. The predicted octanol–water partition coefficient (Wildman–Crippen LogP) is 2.84. The van der Waals surface area contributed by atoms with Gasteiger partial charge < -0.3 is 5.32 Å². The van der Waals surface area contributed by atoms with E-state index in [4.69, 9.17) is 0 Å². The molecule has 0 aromatic carbocycles. The van der Waals surface area contributed by atoms with Gasteiger partial charge in [0.05, 0.1) is 0 Å². The maximum Gasteiger partial charge on any atom is 0.0205 e. The Labute approximate surface area is 81.5 Å². The van der Waals surface area contributed by atoms with Crippen LogP contribution < -0.4 is 5.32 Å². The normalized spacial score (nSPS) is 12.8. The molecule has 0 aliphatic heterocycles. The van der Waals surface area contributed by atoms with Crippen LogP contribution >= 0.6 is 0 Å². The van der Waals surface area contributed by atoms with Crippen LogP contribution in [0.1, 0.15) is 13.3 Å². The lowest BCUT2D eigenvalue weighted by molar-refractivity contribution is 0.882. The van der Waals surface area contributed by atoms with E-state index in [2.05, 4.69) is 31.5 Å². The van der Waals surface area contributed by atoms with Crippen LogP contribution in [-0.4, -0.2) is 13.6 Å². The van der Waals surface area contributed by atoms with Gasteiger partial charge in [-0.15, -0.1) is 0 Å². The SMILES string of the molecule is C=C/C=C\C(CC)=C(/C=C)CNC. The molecule has 0 radical (unpaired) electrons. The van der Waals surface area contributed by atoms with E-state index in [0.717, 1.165) is 13.0 Å². The minimum Gasteiger partial charge on any atom is -0.316 e. The van der Waals surface area contributed by atoms with Crippen molar-refractivity contribution in [2.75, 3.05) is 13.6 Å². The monoisotopic (exact) mass is 177 g/mol. The minimum absolute atomic E-state index is 0.869. The zero-order valence-corrected chi connectivity index (χ0v) is 8.64. The number of likely N-dealkylation sites (N-methyl/N-ethyl adjacent to an activating group) is 1. The van der Waals surface area contributed by atoms with E-state index in [0.29, 0.717) is 0 Å². The molecule has 1 heteroatoms. The van der Waals surface area contributed by atoms with Gasteiger partial charge in [0.2, 0.25) is 0 Å².